The SMILES string of the molecule is CCC(=O)N1CCC(c2c[nH]c3ccc(F)cc23)CC1. The minimum atomic E-state index is -0.197. The summed E-state index contributed by atoms with van der Waals surface area (Å²) in [5, 5.41) is 0.977. The number of nitrogens with one attached hydrogen (secondary N) is 1. The molecule has 0 spiro atoms. The van der Waals surface area contributed by atoms with Crippen LogP contribution >= 0.6 is 0 Å². The van der Waals surface area contributed by atoms with Crippen LogP contribution in [0, 0.1) is 5.82 Å². The van der Waals surface area contributed by atoms with Crippen molar-refractivity contribution in [3.05, 3.63) is 35.8 Å². The zero-order chi connectivity index (χ0) is 14.1. The van der Waals surface area contributed by atoms with Crippen LogP contribution in [0.4, 0.5) is 4.39 Å². The van der Waals surface area contributed by atoms with Crippen molar-refractivity contribution >= 4 is 16.8 Å². The van der Waals surface area contributed by atoms with Crippen LogP contribution in [0.15, 0.2) is 24.4 Å². The Bertz CT molecular complexity index is 626. The number of amides is 1. The van der Waals surface area contributed by atoms with Crippen molar-refractivity contribution in [2.45, 2.75) is 32.1 Å². The summed E-state index contributed by atoms with van der Waals surface area (Å²) in [7, 11) is 0. The molecule has 0 saturated carbocycles. The van der Waals surface area contributed by atoms with Gasteiger partial charge in [0.15, 0.2) is 0 Å². The Labute approximate surface area is 117 Å². The van der Waals surface area contributed by atoms with Crippen molar-refractivity contribution in [1.29, 1.82) is 0 Å². The van der Waals surface area contributed by atoms with Crippen LogP contribution < -0.4 is 0 Å². The van der Waals surface area contributed by atoms with Crippen LogP contribution in [-0.2, 0) is 4.79 Å². The van der Waals surface area contributed by atoms with Crippen molar-refractivity contribution in [3.8, 4) is 0 Å². The average molecular weight is 274 g/mol. The molecule has 1 N–H and O–H groups in total. The van der Waals surface area contributed by atoms with Gasteiger partial charge in [-0.25, -0.2) is 4.39 Å². The maximum absolute atomic E-state index is 13.4. The predicted molar refractivity (Wildman–Crippen MR) is 77.1 cm³/mol. The minimum Gasteiger partial charge on any atom is -0.361 e. The van der Waals surface area contributed by atoms with Crippen molar-refractivity contribution in [3.63, 3.8) is 0 Å². The monoisotopic (exact) mass is 274 g/mol. The number of carbonyl (C=O) groups excluding carboxylic acids is 1. The maximum Gasteiger partial charge on any atom is 0.222 e. The van der Waals surface area contributed by atoms with E-state index in [4.69, 9.17) is 0 Å². The number of likely N-dealkylation sites (tertiary alicyclic amines) is 1. The van der Waals surface area contributed by atoms with Gasteiger partial charge in [0.2, 0.25) is 5.91 Å². The van der Waals surface area contributed by atoms with Crippen molar-refractivity contribution in [2.24, 2.45) is 0 Å². The highest BCUT2D eigenvalue weighted by Gasteiger charge is 2.24. The Morgan fingerprint density at radius 3 is 2.85 bits per heavy atom. The molecule has 1 aliphatic rings. The van der Waals surface area contributed by atoms with E-state index in [1.807, 2.05) is 18.0 Å². The van der Waals surface area contributed by atoms with Gasteiger partial charge in [-0.1, -0.05) is 6.92 Å². The van der Waals surface area contributed by atoms with Gasteiger partial charge in [-0.2, -0.15) is 0 Å². The number of aromatic amines is 1. The molecule has 0 aliphatic carbocycles. The summed E-state index contributed by atoms with van der Waals surface area (Å²) < 4.78 is 13.4. The zero-order valence-corrected chi connectivity index (χ0v) is 11.7. The number of rotatable bonds is 2. The molecule has 1 aromatic carbocycles. The number of hydrogen-bond donors (Lipinski definition) is 1. The highest BCUT2D eigenvalue weighted by atomic mass is 19.1. The van der Waals surface area contributed by atoms with E-state index in [0.29, 0.717) is 12.3 Å². The summed E-state index contributed by atoms with van der Waals surface area (Å²) in [6.45, 7) is 3.51. The molecule has 3 rings (SSSR count). The summed E-state index contributed by atoms with van der Waals surface area (Å²) in [4.78, 5) is 16.8. The standard InChI is InChI=1S/C16H19FN2O/c1-2-16(20)19-7-5-11(6-8-19)14-10-18-15-4-3-12(17)9-13(14)15/h3-4,9-11,18H,2,5-8H2,1H3. The number of fused-ring (bicyclic) bond motifs is 1. The van der Waals surface area contributed by atoms with Crippen LogP contribution in [0.5, 0.6) is 0 Å². The Hall–Kier alpha value is -1.84. The minimum absolute atomic E-state index is 0.197. The lowest BCUT2D eigenvalue weighted by molar-refractivity contribution is -0.131. The largest absolute Gasteiger partial charge is 0.361 e. The second-order valence-corrected chi connectivity index (χ2v) is 5.44. The molecule has 0 radical (unpaired) electrons. The number of nitrogens with zero attached hydrogens (tertiary/aromatic N) is 1. The highest BCUT2D eigenvalue weighted by Crippen LogP contribution is 2.33. The Balaban J connectivity index is 1.80. The first-order valence-electron chi connectivity index (χ1n) is 7.23. The third-order valence-electron chi connectivity index (χ3n) is 4.27. The quantitative estimate of drug-likeness (QED) is 0.895. The molecule has 4 heteroatoms. The van der Waals surface area contributed by atoms with Gasteiger partial charge >= 0.3 is 0 Å². The fourth-order valence-corrected chi connectivity index (χ4v) is 3.12. The molecule has 2 aromatic rings. The van der Waals surface area contributed by atoms with Crippen LogP contribution in [0.25, 0.3) is 10.9 Å². The highest BCUT2D eigenvalue weighted by molar-refractivity contribution is 5.84. The molecular weight excluding hydrogens is 255 g/mol. The van der Waals surface area contributed by atoms with E-state index < -0.39 is 0 Å². The first-order chi connectivity index (χ1) is 9.69. The van der Waals surface area contributed by atoms with Gasteiger partial charge in [0.25, 0.3) is 0 Å². The third-order valence-corrected chi connectivity index (χ3v) is 4.27. The second kappa shape index (κ2) is 5.27. The van der Waals surface area contributed by atoms with Gasteiger partial charge < -0.3 is 9.88 Å². The first-order valence-corrected chi connectivity index (χ1v) is 7.23. The van der Waals surface area contributed by atoms with Crippen molar-refractivity contribution in [2.75, 3.05) is 13.1 Å². The number of carbonyl (C=O) groups is 1. The summed E-state index contributed by atoms with van der Waals surface area (Å²) in [6.07, 6.45) is 4.47. The molecular formula is C16H19FN2O. The first kappa shape index (κ1) is 13.2. The summed E-state index contributed by atoms with van der Waals surface area (Å²) in [6, 6.07) is 4.86. The van der Waals surface area contributed by atoms with Crippen LogP contribution in [0.1, 0.15) is 37.7 Å². The lowest BCUT2D eigenvalue weighted by atomic mass is 9.89. The number of piperidine rings is 1. The number of H-pyrrole nitrogens is 1. The molecule has 1 aliphatic heterocycles. The van der Waals surface area contributed by atoms with E-state index in [0.717, 1.165) is 36.8 Å². The molecule has 0 atom stereocenters. The van der Waals surface area contributed by atoms with Gasteiger partial charge in [-0.05, 0) is 42.5 Å². The van der Waals surface area contributed by atoms with Crippen molar-refractivity contribution in [1.82, 2.24) is 9.88 Å². The second-order valence-electron chi connectivity index (χ2n) is 5.44. The molecule has 0 bridgehead atoms. The van der Waals surface area contributed by atoms with Gasteiger partial charge in [0, 0.05) is 36.6 Å². The fraction of sp³-hybridized carbons (Fsp3) is 0.438. The van der Waals surface area contributed by atoms with Gasteiger partial charge in [-0.3, -0.25) is 4.79 Å². The fourth-order valence-electron chi connectivity index (χ4n) is 3.12. The van der Waals surface area contributed by atoms with Gasteiger partial charge in [0.05, 0.1) is 0 Å². The molecule has 1 fully saturated rings. The van der Waals surface area contributed by atoms with Crippen molar-refractivity contribution < 1.29 is 9.18 Å². The molecule has 106 valence electrons. The predicted octanol–water partition coefficient (Wildman–Crippen LogP) is 3.42. The van der Waals surface area contributed by atoms with Crippen LogP contribution in [0.3, 0.4) is 0 Å². The molecule has 3 nitrogen and oxygen atoms in total. The summed E-state index contributed by atoms with van der Waals surface area (Å²) >= 11 is 0. The number of hydrogen-bond acceptors (Lipinski definition) is 1. The average Bonchev–Trinajstić information content (AvgIpc) is 2.89. The smallest absolute Gasteiger partial charge is 0.222 e. The Morgan fingerprint density at radius 1 is 1.40 bits per heavy atom. The normalized spacial score (nSPS) is 16.8. The van der Waals surface area contributed by atoms with Gasteiger partial charge in [-0.15, -0.1) is 0 Å². The summed E-state index contributed by atoms with van der Waals surface area (Å²) in [5.74, 6) is 0.442. The molecule has 1 amide bonds. The molecule has 2 heterocycles. The number of benzene rings is 1. The van der Waals surface area contributed by atoms with E-state index in [9.17, 15) is 9.18 Å². The number of aromatic nitrogens is 1. The van der Waals surface area contributed by atoms with Crippen LogP contribution in [0.2, 0.25) is 0 Å². The maximum atomic E-state index is 13.4. The topological polar surface area (TPSA) is 36.1 Å². The van der Waals surface area contributed by atoms with Gasteiger partial charge in [0.1, 0.15) is 5.82 Å². The lowest BCUT2D eigenvalue weighted by Gasteiger charge is -2.31. The molecule has 20 heavy (non-hydrogen) atoms. The summed E-state index contributed by atoms with van der Waals surface area (Å²) in [5.41, 5.74) is 2.16. The molecule has 1 saturated heterocycles. The van der Waals surface area contributed by atoms with Crippen LogP contribution in [-0.4, -0.2) is 28.9 Å². The third kappa shape index (κ3) is 2.30. The van der Waals surface area contributed by atoms with E-state index >= 15 is 0 Å². The molecule has 1 aromatic heterocycles. The van der Waals surface area contributed by atoms with E-state index in [2.05, 4.69) is 4.98 Å². The van der Waals surface area contributed by atoms with E-state index in [-0.39, 0.29) is 11.7 Å². The molecule has 0 unspecified atom stereocenters. The van der Waals surface area contributed by atoms with E-state index in [1.165, 1.54) is 11.6 Å². The number of halogens is 1. The lowest BCUT2D eigenvalue weighted by Crippen LogP contribution is -2.37. The van der Waals surface area contributed by atoms with E-state index in [1.54, 1.807) is 12.1 Å². The zero-order valence-electron chi connectivity index (χ0n) is 11.7. The Kier molecular flexibility index (Phi) is 3.47. The Morgan fingerprint density at radius 2 is 2.15 bits per heavy atom.